The van der Waals surface area contributed by atoms with Gasteiger partial charge in [-0.1, -0.05) is 17.7 Å². The molecule has 21 heavy (non-hydrogen) atoms. The molecule has 0 aliphatic heterocycles. The van der Waals surface area contributed by atoms with Crippen LogP contribution in [0.5, 0.6) is 5.75 Å². The van der Waals surface area contributed by atoms with Crippen molar-refractivity contribution in [2.45, 2.75) is 0 Å². The van der Waals surface area contributed by atoms with E-state index in [1.807, 2.05) is 0 Å². The van der Waals surface area contributed by atoms with E-state index in [0.29, 0.717) is 10.8 Å². The fourth-order valence-electron chi connectivity index (χ4n) is 1.46. The third-order valence-electron chi connectivity index (χ3n) is 2.35. The summed E-state index contributed by atoms with van der Waals surface area (Å²) in [6.07, 6.45) is 0. The second-order valence-corrected chi connectivity index (χ2v) is 4.27. The molecule has 0 unspecified atom stereocenters. The Kier molecular flexibility index (Phi) is 4.78. The lowest BCUT2D eigenvalue weighted by atomic mass is 10.3. The van der Waals surface area contributed by atoms with Crippen LogP contribution in [0.3, 0.4) is 0 Å². The summed E-state index contributed by atoms with van der Waals surface area (Å²) in [7, 11) is 0. The highest BCUT2D eigenvalue weighted by molar-refractivity contribution is 6.30. The van der Waals surface area contributed by atoms with Gasteiger partial charge in [-0.15, -0.1) is 0 Å². The SMILES string of the molecule is O=C(OCCOc1cccc(Cl)c1)c1ccc([N+](=O)[O-])o1. The average Bonchev–Trinajstić information content (AvgIpc) is 2.93. The highest BCUT2D eigenvalue weighted by Gasteiger charge is 2.18. The Balaban J connectivity index is 1.77. The smallest absolute Gasteiger partial charge is 0.433 e. The zero-order valence-electron chi connectivity index (χ0n) is 10.7. The number of halogens is 1. The normalized spacial score (nSPS) is 10.1. The number of nitro groups is 1. The fraction of sp³-hybridized carbons (Fsp3) is 0.154. The number of carbonyl (C=O) groups is 1. The van der Waals surface area contributed by atoms with Gasteiger partial charge in [-0.25, -0.2) is 4.79 Å². The Morgan fingerprint density at radius 3 is 2.76 bits per heavy atom. The van der Waals surface area contributed by atoms with E-state index in [9.17, 15) is 14.9 Å². The van der Waals surface area contributed by atoms with E-state index in [1.54, 1.807) is 24.3 Å². The molecule has 8 heteroatoms. The topological polar surface area (TPSA) is 91.8 Å². The number of rotatable bonds is 6. The molecule has 0 aliphatic carbocycles. The molecule has 110 valence electrons. The van der Waals surface area contributed by atoms with Gasteiger partial charge in [0.2, 0.25) is 5.76 Å². The van der Waals surface area contributed by atoms with Crippen LogP contribution in [-0.2, 0) is 4.74 Å². The highest BCUT2D eigenvalue weighted by Crippen LogP contribution is 2.18. The molecule has 1 aromatic heterocycles. The lowest BCUT2D eigenvalue weighted by molar-refractivity contribution is -0.402. The van der Waals surface area contributed by atoms with Gasteiger partial charge in [0.25, 0.3) is 0 Å². The Bertz CT molecular complexity index is 654. The van der Waals surface area contributed by atoms with Crippen LogP contribution < -0.4 is 4.74 Å². The van der Waals surface area contributed by atoms with Crippen LogP contribution in [0.25, 0.3) is 0 Å². The summed E-state index contributed by atoms with van der Waals surface area (Å²) in [6, 6.07) is 9.03. The first kappa shape index (κ1) is 14.9. The van der Waals surface area contributed by atoms with Gasteiger partial charge in [0.05, 0.1) is 6.07 Å². The number of benzene rings is 1. The average molecular weight is 312 g/mol. The predicted octanol–water partition coefficient (Wildman–Crippen LogP) is 3.08. The number of hydrogen-bond donors (Lipinski definition) is 0. The summed E-state index contributed by atoms with van der Waals surface area (Å²) in [5, 5.41) is 10.9. The lowest BCUT2D eigenvalue weighted by Crippen LogP contribution is -2.11. The number of esters is 1. The molecule has 0 aliphatic rings. The molecule has 0 atom stereocenters. The van der Waals surface area contributed by atoms with Gasteiger partial charge in [-0.3, -0.25) is 10.1 Å². The summed E-state index contributed by atoms with van der Waals surface area (Å²) in [6.45, 7) is 0.0920. The van der Waals surface area contributed by atoms with Gasteiger partial charge in [-0.2, -0.15) is 0 Å². The fourth-order valence-corrected chi connectivity index (χ4v) is 1.64. The molecule has 0 amide bonds. The molecule has 2 rings (SSSR count). The van der Waals surface area contributed by atoms with Crippen molar-refractivity contribution < 1.29 is 23.6 Å². The standard InChI is InChI=1S/C13H10ClNO6/c14-9-2-1-3-10(8-9)19-6-7-20-13(16)11-4-5-12(21-11)15(17)18/h1-5,8H,6-7H2. The van der Waals surface area contributed by atoms with E-state index >= 15 is 0 Å². The van der Waals surface area contributed by atoms with Crippen LogP contribution in [0.2, 0.25) is 5.02 Å². The van der Waals surface area contributed by atoms with Gasteiger partial charge in [0, 0.05) is 5.02 Å². The zero-order chi connectivity index (χ0) is 15.2. The highest BCUT2D eigenvalue weighted by atomic mass is 35.5. The van der Waals surface area contributed by atoms with Crippen molar-refractivity contribution in [3.05, 3.63) is 57.3 Å². The molecule has 0 saturated heterocycles. The summed E-state index contributed by atoms with van der Waals surface area (Å²) in [4.78, 5) is 21.2. The van der Waals surface area contributed by atoms with Crippen LogP contribution >= 0.6 is 11.6 Å². The van der Waals surface area contributed by atoms with Crippen molar-refractivity contribution in [1.82, 2.24) is 0 Å². The molecule has 0 N–H and O–H groups in total. The van der Waals surface area contributed by atoms with Crippen molar-refractivity contribution >= 4 is 23.5 Å². The molecule has 7 nitrogen and oxygen atoms in total. The minimum Gasteiger partial charge on any atom is -0.490 e. The third-order valence-corrected chi connectivity index (χ3v) is 2.59. The zero-order valence-corrected chi connectivity index (χ0v) is 11.4. The van der Waals surface area contributed by atoms with Gasteiger partial charge in [-0.05, 0) is 24.3 Å². The minimum absolute atomic E-state index is 0.0279. The Morgan fingerprint density at radius 2 is 2.10 bits per heavy atom. The summed E-state index contributed by atoms with van der Waals surface area (Å²) < 4.78 is 14.9. The van der Waals surface area contributed by atoms with Crippen molar-refractivity contribution in [1.29, 1.82) is 0 Å². The summed E-state index contributed by atoms with van der Waals surface area (Å²) >= 11 is 5.78. The second-order valence-electron chi connectivity index (χ2n) is 3.84. The van der Waals surface area contributed by atoms with Crippen LogP contribution in [0.15, 0.2) is 40.8 Å². The van der Waals surface area contributed by atoms with Gasteiger partial charge < -0.3 is 13.9 Å². The minimum atomic E-state index is -0.794. The van der Waals surface area contributed by atoms with Crippen molar-refractivity contribution in [2.75, 3.05) is 13.2 Å². The molecule has 0 spiro atoms. The van der Waals surface area contributed by atoms with E-state index < -0.39 is 16.8 Å². The van der Waals surface area contributed by atoms with E-state index in [4.69, 9.17) is 25.5 Å². The van der Waals surface area contributed by atoms with E-state index in [-0.39, 0.29) is 19.0 Å². The Hall–Kier alpha value is -2.54. The monoisotopic (exact) mass is 311 g/mol. The first-order valence-corrected chi connectivity index (χ1v) is 6.24. The van der Waals surface area contributed by atoms with Crippen LogP contribution in [0.4, 0.5) is 5.88 Å². The van der Waals surface area contributed by atoms with Gasteiger partial charge in [0.1, 0.15) is 23.9 Å². The van der Waals surface area contributed by atoms with E-state index in [1.165, 1.54) is 6.07 Å². The van der Waals surface area contributed by atoms with Crippen LogP contribution in [-0.4, -0.2) is 24.1 Å². The van der Waals surface area contributed by atoms with E-state index in [2.05, 4.69) is 0 Å². The molecule has 1 aromatic carbocycles. The predicted molar refractivity (Wildman–Crippen MR) is 72.6 cm³/mol. The van der Waals surface area contributed by atoms with Crippen molar-refractivity contribution in [3.63, 3.8) is 0 Å². The number of furan rings is 1. The molecule has 0 fully saturated rings. The van der Waals surface area contributed by atoms with Crippen molar-refractivity contribution in [3.8, 4) is 5.75 Å². The van der Waals surface area contributed by atoms with Gasteiger partial charge >= 0.3 is 11.9 Å². The number of hydrogen-bond acceptors (Lipinski definition) is 6. The van der Waals surface area contributed by atoms with E-state index in [0.717, 1.165) is 6.07 Å². The summed E-state index contributed by atoms with van der Waals surface area (Å²) in [5.74, 6) is -0.994. The van der Waals surface area contributed by atoms with Crippen molar-refractivity contribution in [2.24, 2.45) is 0 Å². The Morgan fingerprint density at radius 1 is 1.29 bits per heavy atom. The maximum absolute atomic E-state index is 11.5. The number of carbonyl (C=O) groups excluding carboxylic acids is 1. The Labute approximate surface area is 124 Å². The summed E-state index contributed by atoms with van der Waals surface area (Å²) in [5.41, 5.74) is 0. The molecule has 2 aromatic rings. The molecular weight excluding hydrogens is 302 g/mol. The van der Waals surface area contributed by atoms with Crippen LogP contribution in [0.1, 0.15) is 10.6 Å². The third kappa shape index (κ3) is 4.22. The maximum atomic E-state index is 11.5. The maximum Gasteiger partial charge on any atom is 0.433 e. The quantitative estimate of drug-likeness (QED) is 0.352. The first-order valence-electron chi connectivity index (χ1n) is 5.86. The van der Waals surface area contributed by atoms with Crippen LogP contribution in [0, 0.1) is 10.1 Å². The molecule has 1 heterocycles. The molecule has 0 bridgehead atoms. The number of ether oxygens (including phenoxy) is 2. The molecular formula is C13H10ClNO6. The molecule has 0 saturated carbocycles. The lowest BCUT2D eigenvalue weighted by Gasteiger charge is -2.06. The molecule has 0 radical (unpaired) electrons. The number of nitrogens with zero attached hydrogens (tertiary/aromatic N) is 1. The first-order chi connectivity index (χ1) is 10.1. The largest absolute Gasteiger partial charge is 0.490 e. The second kappa shape index (κ2) is 6.76. The van der Waals surface area contributed by atoms with Gasteiger partial charge in [0.15, 0.2) is 0 Å².